The minimum absolute atomic E-state index is 0. The molecular formula is C21H29FN6O2S2. The highest BCUT2D eigenvalue weighted by molar-refractivity contribution is 7.88. The van der Waals surface area contributed by atoms with Gasteiger partial charge in [-0.05, 0) is 43.4 Å². The molecule has 0 aliphatic carbocycles. The lowest BCUT2D eigenvalue weighted by Crippen LogP contribution is -2.42. The van der Waals surface area contributed by atoms with E-state index in [1.807, 2.05) is 12.1 Å². The number of sulfonamides is 1. The minimum atomic E-state index is -3.17. The Bertz CT molecular complexity index is 1210. The molecule has 4 rings (SSSR count). The van der Waals surface area contributed by atoms with Crippen LogP contribution in [-0.2, 0) is 22.9 Å². The van der Waals surface area contributed by atoms with E-state index < -0.39 is 15.8 Å². The monoisotopic (exact) mass is 480 g/mol. The van der Waals surface area contributed by atoms with E-state index in [9.17, 15) is 12.8 Å². The van der Waals surface area contributed by atoms with Crippen LogP contribution < -0.4 is 11.5 Å². The number of thiazole rings is 1. The third kappa shape index (κ3) is 5.06. The van der Waals surface area contributed by atoms with Crippen molar-refractivity contribution in [3.05, 3.63) is 34.7 Å². The summed E-state index contributed by atoms with van der Waals surface area (Å²) in [7, 11) is -3.17. The summed E-state index contributed by atoms with van der Waals surface area (Å²) in [5.41, 5.74) is 3.03. The van der Waals surface area contributed by atoms with Crippen LogP contribution in [0.1, 0.15) is 37.3 Å². The van der Waals surface area contributed by atoms with Crippen molar-refractivity contribution in [3.8, 4) is 11.3 Å². The average Bonchev–Trinajstić information content (AvgIpc) is 3.17. The van der Waals surface area contributed by atoms with E-state index >= 15 is 0 Å². The minimum Gasteiger partial charge on any atom is -0.351 e. The van der Waals surface area contributed by atoms with Crippen LogP contribution in [0.5, 0.6) is 0 Å². The lowest BCUT2D eigenvalue weighted by molar-refractivity contribution is 0.331. The Hall–Kier alpha value is -2.21. The molecule has 11 heteroatoms. The molecule has 0 radical (unpaired) electrons. The summed E-state index contributed by atoms with van der Waals surface area (Å²) in [6, 6.07) is 3.95. The first-order valence-electron chi connectivity index (χ1n) is 10.4. The zero-order valence-corrected chi connectivity index (χ0v) is 20.2. The molecule has 1 aliphatic heterocycles. The number of piperidine rings is 1. The van der Waals surface area contributed by atoms with E-state index in [0.717, 1.165) is 33.6 Å². The van der Waals surface area contributed by atoms with Crippen molar-refractivity contribution < 1.29 is 12.8 Å². The highest BCUT2D eigenvalue weighted by atomic mass is 32.2. The Kier molecular flexibility index (Phi) is 7.43. The van der Waals surface area contributed by atoms with Gasteiger partial charge in [0.2, 0.25) is 16.0 Å². The van der Waals surface area contributed by atoms with Gasteiger partial charge in [-0.15, -0.1) is 11.3 Å². The summed E-state index contributed by atoms with van der Waals surface area (Å²) < 4.78 is 40.6. The van der Waals surface area contributed by atoms with Crippen molar-refractivity contribution in [2.45, 2.75) is 45.6 Å². The van der Waals surface area contributed by atoms with Crippen LogP contribution in [0.2, 0.25) is 0 Å². The number of anilines is 1. The van der Waals surface area contributed by atoms with Crippen LogP contribution in [0.15, 0.2) is 18.3 Å². The molecule has 174 valence electrons. The summed E-state index contributed by atoms with van der Waals surface area (Å²) in [5, 5.41) is 4.31. The molecule has 3 aromatic rings. The smallest absolute Gasteiger partial charge is 0.223 e. The van der Waals surface area contributed by atoms with Crippen LogP contribution in [0, 0.1) is 5.82 Å². The fourth-order valence-electron chi connectivity index (χ4n) is 3.86. The van der Waals surface area contributed by atoms with E-state index in [4.69, 9.17) is 4.98 Å². The molecule has 0 unspecified atom stereocenters. The lowest BCUT2D eigenvalue weighted by Gasteiger charge is -2.30. The molecule has 0 atom stereocenters. The first-order valence-corrected chi connectivity index (χ1v) is 13.1. The maximum atomic E-state index is 14.7. The van der Waals surface area contributed by atoms with Gasteiger partial charge >= 0.3 is 0 Å². The van der Waals surface area contributed by atoms with Gasteiger partial charge in [-0.2, -0.15) is 0 Å². The molecule has 1 fully saturated rings. The number of hydrogen-bond donors (Lipinski definition) is 2. The van der Waals surface area contributed by atoms with Gasteiger partial charge in [0.15, 0.2) is 5.82 Å². The number of aryl methyl sites for hydroxylation is 2. The largest absolute Gasteiger partial charge is 0.351 e. The third-order valence-electron chi connectivity index (χ3n) is 5.58. The summed E-state index contributed by atoms with van der Waals surface area (Å²) in [6.07, 6.45) is 5.38. The fourth-order valence-corrected chi connectivity index (χ4v) is 5.72. The Morgan fingerprint density at radius 2 is 1.91 bits per heavy atom. The number of aromatic nitrogens is 3. The second kappa shape index (κ2) is 9.74. The average molecular weight is 481 g/mol. The van der Waals surface area contributed by atoms with Crippen molar-refractivity contribution in [1.82, 2.24) is 25.4 Å². The first-order chi connectivity index (χ1) is 14.8. The number of nitrogens with zero attached hydrogens (tertiary/aromatic N) is 4. The van der Waals surface area contributed by atoms with Crippen molar-refractivity contribution in [2.24, 2.45) is 0 Å². The van der Waals surface area contributed by atoms with Gasteiger partial charge in [0.05, 0.1) is 27.7 Å². The van der Waals surface area contributed by atoms with E-state index in [2.05, 4.69) is 29.1 Å². The van der Waals surface area contributed by atoms with Crippen LogP contribution >= 0.6 is 11.3 Å². The third-order valence-corrected chi connectivity index (χ3v) is 8.03. The number of benzene rings is 1. The zero-order valence-electron chi connectivity index (χ0n) is 18.6. The van der Waals surface area contributed by atoms with Crippen LogP contribution in [0.4, 0.5) is 10.3 Å². The van der Waals surface area contributed by atoms with Gasteiger partial charge in [0, 0.05) is 24.7 Å². The molecule has 1 aliphatic rings. The maximum Gasteiger partial charge on any atom is 0.223 e. The van der Waals surface area contributed by atoms with Gasteiger partial charge in [-0.1, -0.05) is 13.8 Å². The second-order valence-electron chi connectivity index (χ2n) is 7.77. The maximum absolute atomic E-state index is 14.7. The molecule has 0 amide bonds. The molecule has 2 aromatic heterocycles. The Morgan fingerprint density at radius 3 is 2.53 bits per heavy atom. The quantitative estimate of drug-likeness (QED) is 0.546. The number of rotatable bonds is 6. The zero-order chi connectivity index (χ0) is 22.2. The molecule has 3 heterocycles. The molecule has 0 spiro atoms. The molecular weight excluding hydrogens is 451 g/mol. The molecule has 4 N–H and O–H groups in total. The van der Waals surface area contributed by atoms with E-state index in [0.29, 0.717) is 37.4 Å². The fraction of sp³-hybridized carbons (Fsp3) is 0.476. The van der Waals surface area contributed by atoms with Gasteiger partial charge in [-0.25, -0.2) is 32.1 Å². The van der Waals surface area contributed by atoms with Crippen molar-refractivity contribution in [3.63, 3.8) is 0 Å². The molecule has 1 saturated heterocycles. The standard InChI is InChI=1S/C21H26FN5O2S2.H3N/c1-4-13-10-14(11-17-20(13)25-18(5-2)30-17)19-16(22)12-23-21(26-19)24-15-6-8-27(9-7-15)31(3,28)29;/h10-12,15H,4-9H2,1-3H3,(H,23,24,26);1H3. The van der Waals surface area contributed by atoms with E-state index in [1.165, 1.54) is 16.8 Å². The predicted octanol–water partition coefficient (Wildman–Crippen LogP) is 4.02. The number of fused-ring (bicyclic) bond motifs is 1. The summed E-state index contributed by atoms with van der Waals surface area (Å²) in [4.78, 5) is 13.3. The van der Waals surface area contributed by atoms with Crippen molar-refractivity contribution in [1.29, 1.82) is 0 Å². The number of hydrogen-bond acceptors (Lipinski definition) is 8. The van der Waals surface area contributed by atoms with Gasteiger partial charge < -0.3 is 11.5 Å². The van der Waals surface area contributed by atoms with Gasteiger partial charge in [0.1, 0.15) is 5.69 Å². The predicted molar refractivity (Wildman–Crippen MR) is 127 cm³/mol. The number of nitrogens with one attached hydrogen (secondary N) is 1. The molecule has 8 nitrogen and oxygen atoms in total. The van der Waals surface area contributed by atoms with E-state index in [1.54, 1.807) is 11.3 Å². The Morgan fingerprint density at radius 1 is 1.19 bits per heavy atom. The summed E-state index contributed by atoms with van der Waals surface area (Å²) in [6.45, 7) is 5.04. The SMILES string of the molecule is CCc1nc2c(CC)cc(-c3nc(NC4CCN(S(C)(=O)=O)CC4)ncc3F)cc2s1.N. The Balaban J connectivity index is 0.00000289. The molecule has 1 aromatic carbocycles. The summed E-state index contributed by atoms with van der Waals surface area (Å²) >= 11 is 1.63. The second-order valence-corrected chi connectivity index (χ2v) is 10.9. The number of halogens is 1. The highest BCUT2D eigenvalue weighted by Gasteiger charge is 2.25. The highest BCUT2D eigenvalue weighted by Crippen LogP contribution is 2.32. The first kappa shape index (κ1) is 24.4. The van der Waals surface area contributed by atoms with Gasteiger partial charge in [0.25, 0.3) is 0 Å². The molecule has 0 bridgehead atoms. The molecule has 32 heavy (non-hydrogen) atoms. The normalized spacial score (nSPS) is 15.6. The van der Waals surface area contributed by atoms with Gasteiger partial charge in [-0.3, -0.25) is 0 Å². The lowest BCUT2D eigenvalue weighted by atomic mass is 10.0. The molecule has 0 saturated carbocycles. The summed E-state index contributed by atoms with van der Waals surface area (Å²) in [5.74, 6) is -0.120. The van der Waals surface area contributed by atoms with Crippen molar-refractivity contribution in [2.75, 3.05) is 24.7 Å². The topological polar surface area (TPSA) is 123 Å². The Labute approximate surface area is 191 Å². The van der Waals surface area contributed by atoms with Crippen molar-refractivity contribution >= 4 is 37.5 Å². The van der Waals surface area contributed by atoms with Crippen LogP contribution in [0.3, 0.4) is 0 Å². The van der Waals surface area contributed by atoms with E-state index in [-0.39, 0.29) is 17.9 Å². The van der Waals surface area contributed by atoms with Crippen LogP contribution in [0.25, 0.3) is 21.5 Å². The van der Waals surface area contributed by atoms with Crippen LogP contribution in [-0.4, -0.2) is 53.1 Å².